The highest BCUT2D eigenvalue weighted by Crippen LogP contribution is 2.28. The summed E-state index contributed by atoms with van der Waals surface area (Å²) in [5.74, 6) is -1.44. The summed E-state index contributed by atoms with van der Waals surface area (Å²) in [6.45, 7) is 4.16. The molecule has 0 amide bonds. The first-order valence-corrected chi connectivity index (χ1v) is 4.33. The highest BCUT2D eigenvalue weighted by molar-refractivity contribution is 5.75. The molecule has 1 rings (SSSR count). The van der Waals surface area contributed by atoms with Gasteiger partial charge in [-0.25, -0.2) is 0 Å². The van der Waals surface area contributed by atoms with Crippen molar-refractivity contribution in [1.29, 1.82) is 0 Å². The van der Waals surface area contributed by atoms with E-state index in [0.29, 0.717) is 6.61 Å². The highest BCUT2D eigenvalue weighted by atomic mass is 16.5. The molecule has 0 bridgehead atoms. The van der Waals surface area contributed by atoms with Crippen molar-refractivity contribution in [3.63, 3.8) is 0 Å². The molecule has 2 atom stereocenters. The first kappa shape index (κ1) is 9.99. The molecule has 3 heteroatoms. The first-order chi connectivity index (χ1) is 6.10. The predicted molar refractivity (Wildman–Crippen MR) is 49.4 cm³/mol. The summed E-state index contributed by atoms with van der Waals surface area (Å²) < 4.78 is 5.43. The van der Waals surface area contributed by atoms with Gasteiger partial charge in [0, 0.05) is 6.61 Å². The molecule has 72 valence electrons. The van der Waals surface area contributed by atoms with Gasteiger partial charge in [-0.3, -0.25) is 4.79 Å². The van der Waals surface area contributed by atoms with Crippen LogP contribution in [0.2, 0.25) is 0 Å². The van der Waals surface area contributed by atoms with Crippen molar-refractivity contribution in [2.75, 3.05) is 6.61 Å². The molecule has 0 saturated carbocycles. The zero-order valence-corrected chi connectivity index (χ0v) is 7.86. The summed E-state index contributed by atoms with van der Waals surface area (Å²) in [5.41, 5.74) is -0.699. The maximum Gasteiger partial charge on any atom is 0.313 e. The van der Waals surface area contributed by atoms with Crippen LogP contribution in [-0.2, 0) is 9.53 Å². The summed E-state index contributed by atoms with van der Waals surface area (Å²) in [5, 5.41) is 8.94. The van der Waals surface area contributed by atoms with E-state index in [1.165, 1.54) is 0 Å². The number of carbonyl (C=O) groups is 1. The number of rotatable bonds is 3. The molecule has 0 aromatic heterocycles. The van der Waals surface area contributed by atoms with Crippen LogP contribution in [0, 0.1) is 5.92 Å². The third-order valence-electron chi connectivity index (χ3n) is 2.18. The molecule has 1 aliphatic carbocycles. The topological polar surface area (TPSA) is 46.5 Å². The molecule has 0 aliphatic heterocycles. The Kier molecular flexibility index (Phi) is 2.88. The lowest BCUT2D eigenvalue weighted by molar-refractivity contribution is -0.148. The van der Waals surface area contributed by atoms with Crippen LogP contribution in [0.4, 0.5) is 0 Å². The molecule has 2 unspecified atom stereocenters. The number of hydrogen-bond acceptors (Lipinski definition) is 2. The normalized spacial score (nSPS) is 32.0. The van der Waals surface area contributed by atoms with E-state index < -0.39 is 17.5 Å². The van der Waals surface area contributed by atoms with Gasteiger partial charge in [-0.2, -0.15) is 0 Å². The smallest absolute Gasteiger partial charge is 0.313 e. The predicted octanol–water partition coefficient (Wildman–Crippen LogP) is 1.61. The summed E-state index contributed by atoms with van der Waals surface area (Å²) in [6.07, 6.45) is 6.99. The number of carboxylic acids is 1. The van der Waals surface area contributed by atoms with Crippen molar-refractivity contribution in [2.45, 2.75) is 19.4 Å². The monoisotopic (exact) mass is 182 g/mol. The Balaban J connectivity index is 2.86. The highest BCUT2D eigenvalue weighted by Gasteiger charge is 2.37. The number of ether oxygens (including phenoxy) is 1. The second kappa shape index (κ2) is 3.75. The lowest BCUT2D eigenvalue weighted by Crippen LogP contribution is -2.40. The van der Waals surface area contributed by atoms with E-state index in [1.807, 2.05) is 13.0 Å². The van der Waals surface area contributed by atoms with Crippen molar-refractivity contribution < 1.29 is 14.6 Å². The van der Waals surface area contributed by atoms with Gasteiger partial charge in [0.15, 0.2) is 0 Å². The Hall–Kier alpha value is -1.09. The molecular weight excluding hydrogens is 168 g/mol. The minimum absolute atomic E-state index is 0.512. The third-order valence-corrected chi connectivity index (χ3v) is 2.18. The van der Waals surface area contributed by atoms with Gasteiger partial charge in [0.2, 0.25) is 0 Å². The second-order valence-electron chi connectivity index (χ2n) is 3.18. The molecule has 3 nitrogen and oxygen atoms in total. The minimum Gasteiger partial charge on any atom is -0.481 e. The number of aliphatic carboxylic acids is 1. The van der Waals surface area contributed by atoms with Gasteiger partial charge in [0.05, 0.1) is 0 Å². The van der Waals surface area contributed by atoms with Gasteiger partial charge in [-0.1, -0.05) is 24.3 Å². The molecule has 0 radical (unpaired) electrons. The number of carboxylic acid groups (broad SMARTS) is 1. The maximum absolute atomic E-state index is 10.9. The maximum atomic E-state index is 10.9. The molecule has 0 fully saturated rings. The van der Waals surface area contributed by atoms with Crippen LogP contribution in [0.3, 0.4) is 0 Å². The molecule has 0 heterocycles. The molecule has 0 aromatic rings. The number of hydrogen-bond donors (Lipinski definition) is 1. The Labute approximate surface area is 77.7 Å². The van der Waals surface area contributed by atoms with Gasteiger partial charge in [-0.05, 0) is 13.8 Å². The fourth-order valence-electron chi connectivity index (χ4n) is 1.49. The van der Waals surface area contributed by atoms with Gasteiger partial charge < -0.3 is 9.84 Å². The van der Waals surface area contributed by atoms with Crippen molar-refractivity contribution >= 4 is 5.97 Å². The van der Waals surface area contributed by atoms with Gasteiger partial charge >= 0.3 is 5.97 Å². The van der Waals surface area contributed by atoms with Crippen molar-refractivity contribution in [3.8, 4) is 0 Å². The van der Waals surface area contributed by atoms with E-state index in [9.17, 15) is 4.79 Å². The van der Waals surface area contributed by atoms with Crippen LogP contribution in [0.15, 0.2) is 24.3 Å². The summed E-state index contributed by atoms with van der Waals surface area (Å²) in [6, 6.07) is 0. The van der Waals surface area contributed by atoms with Gasteiger partial charge in [-0.15, -0.1) is 0 Å². The Morgan fingerprint density at radius 3 is 2.85 bits per heavy atom. The molecule has 1 N–H and O–H groups in total. The van der Waals surface area contributed by atoms with E-state index in [-0.39, 0.29) is 0 Å². The lowest BCUT2D eigenvalue weighted by Gasteiger charge is -2.32. The van der Waals surface area contributed by atoms with Crippen LogP contribution in [-0.4, -0.2) is 23.3 Å². The van der Waals surface area contributed by atoms with Gasteiger partial charge in [0.1, 0.15) is 11.5 Å². The van der Waals surface area contributed by atoms with E-state index in [0.717, 1.165) is 0 Å². The van der Waals surface area contributed by atoms with E-state index in [2.05, 4.69) is 0 Å². The average molecular weight is 182 g/mol. The van der Waals surface area contributed by atoms with Crippen LogP contribution in [0.1, 0.15) is 13.8 Å². The fraction of sp³-hybridized carbons (Fsp3) is 0.500. The molecule has 13 heavy (non-hydrogen) atoms. The standard InChI is InChI=1S/C10H14O3/c1-3-13-10(2)7-5-4-6-8(10)9(11)12/h4-8H,3H2,1-2H3,(H,11,12). The summed E-state index contributed by atoms with van der Waals surface area (Å²) in [7, 11) is 0. The Morgan fingerprint density at radius 2 is 2.31 bits per heavy atom. The molecule has 0 spiro atoms. The average Bonchev–Trinajstić information content (AvgIpc) is 2.04. The molecule has 0 aromatic carbocycles. The Morgan fingerprint density at radius 1 is 1.62 bits per heavy atom. The Bertz CT molecular complexity index is 255. The van der Waals surface area contributed by atoms with Crippen LogP contribution < -0.4 is 0 Å². The third kappa shape index (κ3) is 1.98. The van der Waals surface area contributed by atoms with Crippen molar-refractivity contribution in [2.24, 2.45) is 5.92 Å². The zero-order chi connectivity index (χ0) is 9.90. The van der Waals surface area contributed by atoms with Crippen LogP contribution in [0.25, 0.3) is 0 Å². The van der Waals surface area contributed by atoms with Crippen LogP contribution >= 0.6 is 0 Å². The van der Waals surface area contributed by atoms with Crippen LogP contribution in [0.5, 0.6) is 0 Å². The fourth-order valence-corrected chi connectivity index (χ4v) is 1.49. The molecule has 1 aliphatic rings. The van der Waals surface area contributed by atoms with E-state index in [4.69, 9.17) is 9.84 Å². The lowest BCUT2D eigenvalue weighted by atomic mass is 9.85. The van der Waals surface area contributed by atoms with Crippen molar-refractivity contribution in [3.05, 3.63) is 24.3 Å². The summed E-state index contributed by atoms with van der Waals surface area (Å²) >= 11 is 0. The van der Waals surface area contributed by atoms with E-state index >= 15 is 0 Å². The molecule has 0 saturated heterocycles. The minimum atomic E-state index is -0.850. The zero-order valence-electron chi connectivity index (χ0n) is 7.86. The quantitative estimate of drug-likeness (QED) is 0.721. The van der Waals surface area contributed by atoms with Crippen molar-refractivity contribution in [1.82, 2.24) is 0 Å². The largest absolute Gasteiger partial charge is 0.481 e. The molecular formula is C10H14O3. The summed E-state index contributed by atoms with van der Waals surface area (Å²) in [4.78, 5) is 10.9. The number of allylic oxidation sites excluding steroid dienone is 2. The second-order valence-corrected chi connectivity index (χ2v) is 3.18. The first-order valence-electron chi connectivity index (χ1n) is 4.33. The van der Waals surface area contributed by atoms with E-state index in [1.54, 1.807) is 25.2 Å². The van der Waals surface area contributed by atoms with Gasteiger partial charge in [0.25, 0.3) is 0 Å². The SMILES string of the molecule is CCOC1(C)C=CC=CC1C(=O)O.